The summed E-state index contributed by atoms with van der Waals surface area (Å²) in [6, 6.07) is -0.340. The van der Waals surface area contributed by atoms with E-state index >= 15 is 0 Å². The SMILES string of the molecule is CN(C)CC(C)(C)CNC(=O)C(N)CC1CCCCC1.Cl. The molecule has 0 aromatic carbocycles. The number of hydrogen-bond acceptors (Lipinski definition) is 3. The summed E-state index contributed by atoms with van der Waals surface area (Å²) in [5.74, 6) is 0.668. The van der Waals surface area contributed by atoms with E-state index in [1.807, 2.05) is 0 Å². The highest BCUT2D eigenvalue weighted by molar-refractivity contribution is 5.85. The number of rotatable bonds is 7. The Kier molecular flexibility index (Phi) is 9.50. The van der Waals surface area contributed by atoms with E-state index in [1.54, 1.807) is 0 Å². The summed E-state index contributed by atoms with van der Waals surface area (Å²) in [5.41, 5.74) is 6.13. The first-order chi connectivity index (χ1) is 9.30. The molecule has 1 fully saturated rings. The summed E-state index contributed by atoms with van der Waals surface area (Å²) >= 11 is 0. The van der Waals surface area contributed by atoms with E-state index < -0.39 is 0 Å². The van der Waals surface area contributed by atoms with Crippen LogP contribution >= 0.6 is 12.4 Å². The molecule has 21 heavy (non-hydrogen) atoms. The Morgan fingerprint density at radius 2 is 1.86 bits per heavy atom. The maximum Gasteiger partial charge on any atom is 0.236 e. The quantitative estimate of drug-likeness (QED) is 0.757. The first-order valence-corrected chi connectivity index (χ1v) is 7.98. The smallest absolute Gasteiger partial charge is 0.236 e. The topological polar surface area (TPSA) is 58.4 Å². The third kappa shape index (κ3) is 8.64. The van der Waals surface area contributed by atoms with Crippen molar-refractivity contribution in [2.75, 3.05) is 27.2 Å². The van der Waals surface area contributed by atoms with Crippen LogP contribution in [-0.4, -0.2) is 44.0 Å². The molecule has 4 nitrogen and oxygen atoms in total. The maximum absolute atomic E-state index is 12.1. The molecule has 1 aliphatic carbocycles. The first-order valence-electron chi connectivity index (χ1n) is 7.98. The maximum atomic E-state index is 12.1. The van der Waals surface area contributed by atoms with Crippen LogP contribution in [-0.2, 0) is 4.79 Å². The molecule has 0 heterocycles. The van der Waals surface area contributed by atoms with Crippen LogP contribution in [0.25, 0.3) is 0 Å². The molecule has 1 rings (SSSR count). The Bertz CT molecular complexity index is 302. The van der Waals surface area contributed by atoms with Gasteiger partial charge in [0.05, 0.1) is 6.04 Å². The van der Waals surface area contributed by atoms with Crippen molar-refractivity contribution in [1.82, 2.24) is 10.2 Å². The van der Waals surface area contributed by atoms with Gasteiger partial charge in [-0.1, -0.05) is 46.0 Å². The summed E-state index contributed by atoms with van der Waals surface area (Å²) in [5, 5.41) is 3.03. The Morgan fingerprint density at radius 1 is 1.29 bits per heavy atom. The van der Waals surface area contributed by atoms with Crippen molar-refractivity contribution in [2.45, 2.75) is 58.4 Å². The second kappa shape index (κ2) is 9.65. The normalized spacial score (nSPS) is 18.2. The fraction of sp³-hybridized carbons (Fsp3) is 0.938. The van der Waals surface area contributed by atoms with Crippen LogP contribution in [0.1, 0.15) is 52.4 Å². The number of halogens is 1. The molecule has 0 aromatic heterocycles. The number of nitrogens with one attached hydrogen (secondary N) is 1. The molecule has 0 bridgehead atoms. The predicted molar refractivity (Wildman–Crippen MR) is 91.8 cm³/mol. The van der Waals surface area contributed by atoms with Gasteiger partial charge in [-0.15, -0.1) is 12.4 Å². The molecular formula is C16H34ClN3O. The van der Waals surface area contributed by atoms with E-state index in [-0.39, 0.29) is 29.8 Å². The van der Waals surface area contributed by atoms with Gasteiger partial charge in [-0.25, -0.2) is 0 Å². The summed E-state index contributed by atoms with van der Waals surface area (Å²) in [6.07, 6.45) is 7.28. The van der Waals surface area contributed by atoms with Gasteiger partial charge in [-0.2, -0.15) is 0 Å². The van der Waals surface area contributed by atoms with Crippen molar-refractivity contribution < 1.29 is 4.79 Å². The monoisotopic (exact) mass is 319 g/mol. The van der Waals surface area contributed by atoms with Crippen molar-refractivity contribution in [3.8, 4) is 0 Å². The third-order valence-electron chi connectivity index (χ3n) is 4.13. The van der Waals surface area contributed by atoms with Crippen molar-refractivity contribution in [3.05, 3.63) is 0 Å². The molecule has 1 saturated carbocycles. The molecule has 1 unspecified atom stereocenters. The van der Waals surface area contributed by atoms with E-state index in [9.17, 15) is 4.79 Å². The molecule has 1 amide bonds. The molecule has 3 N–H and O–H groups in total. The fourth-order valence-corrected chi connectivity index (χ4v) is 3.26. The molecule has 5 heteroatoms. The van der Waals surface area contributed by atoms with E-state index in [0.717, 1.165) is 13.0 Å². The standard InChI is InChI=1S/C16H33N3O.ClH/c1-16(2,12-19(3)4)11-18-15(20)14(17)10-13-8-6-5-7-9-13;/h13-14H,5-12,17H2,1-4H3,(H,18,20);1H. The zero-order valence-corrected chi connectivity index (χ0v) is 15.0. The van der Waals surface area contributed by atoms with E-state index in [1.165, 1.54) is 32.1 Å². The molecule has 0 radical (unpaired) electrons. The minimum absolute atomic E-state index is 0. The van der Waals surface area contributed by atoms with Crippen LogP contribution in [0.4, 0.5) is 0 Å². The zero-order chi connectivity index (χ0) is 15.2. The second-order valence-corrected chi connectivity index (χ2v) is 7.47. The minimum atomic E-state index is -0.340. The highest BCUT2D eigenvalue weighted by Gasteiger charge is 2.24. The average molecular weight is 320 g/mol. The molecular weight excluding hydrogens is 286 g/mol. The minimum Gasteiger partial charge on any atom is -0.354 e. The molecule has 1 aliphatic rings. The van der Waals surface area contributed by atoms with Gasteiger partial charge >= 0.3 is 0 Å². The summed E-state index contributed by atoms with van der Waals surface area (Å²) in [4.78, 5) is 14.2. The van der Waals surface area contributed by atoms with Crippen LogP contribution in [0.2, 0.25) is 0 Å². The van der Waals surface area contributed by atoms with Gasteiger partial charge in [0.15, 0.2) is 0 Å². The highest BCUT2D eigenvalue weighted by atomic mass is 35.5. The molecule has 0 saturated heterocycles. The van der Waals surface area contributed by atoms with Crippen LogP contribution < -0.4 is 11.1 Å². The van der Waals surface area contributed by atoms with Gasteiger partial charge in [0.2, 0.25) is 5.91 Å². The van der Waals surface area contributed by atoms with Crippen molar-refractivity contribution in [1.29, 1.82) is 0 Å². The first kappa shape index (κ1) is 20.7. The molecule has 0 spiro atoms. The highest BCUT2D eigenvalue weighted by Crippen LogP contribution is 2.27. The van der Waals surface area contributed by atoms with Crippen molar-refractivity contribution in [3.63, 3.8) is 0 Å². The zero-order valence-electron chi connectivity index (χ0n) is 14.2. The number of carbonyl (C=O) groups is 1. The van der Waals surface area contributed by atoms with Crippen molar-refractivity contribution in [2.24, 2.45) is 17.1 Å². The van der Waals surface area contributed by atoms with E-state index in [4.69, 9.17) is 5.73 Å². The van der Waals surface area contributed by atoms with Gasteiger partial charge < -0.3 is 16.0 Å². The van der Waals surface area contributed by atoms with Crippen LogP contribution in [0.3, 0.4) is 0 Å². The molecule has 0 aliphatic heterocycles. The number of hydrogen-bond donors (Lipinski definition) is 2. The number of carbonyl (C=O) groups excluding carboxylic acids is 1. The van der Waals surface area contributed by atoms with Crippen LogP contribution in [0.5, 0.6) is 0 Å². The third-order valence-corrected chi connectivity index (χ3v) is 4.13. The van der Waals surface area contributed by atoms with E-state index in [2.05, 4.69) is 38.2 Å². The summed E-state index contributed by atoms with van der Waals surface area (Å²) < 4.78 is 0. The average Bonchev–Trinajstić information content (AvgIpc) is 2.35. The molecule has 1 atom stereocenters. The van der Waals surface area contributed by atoms with Gasteiger partial charge in [0.25, 0.3) is 0 Å². The predicted octanol–water partition coefficient (Wildman–Crippen LogP) is 2.41. The van der Waals surface area contributed by atoms with Crippen LogP contribution in [0.15, 0.2) is 0 Å². The van der Waals surface area contributed by atoms with E-state index in [0.29, 0.717) is 12.5 Å². The lowest BCUT2D eigenvalue weighted by Gasteiger charge is -2.29. The molecule has 0 aromatic rings. The van der Waals surface area contributed by atoms with Crippen molar-refractivity contribution >= 4 is 18.3 Å². The Morgan fingerprint density at radius 3 is 2.38 bits per heavy atom. The Labute approximate surface area is 136 Å². The van der Waals surface area contributed by atoms with Gasteiger partial charge in [0.1, 0.15) is 0 Å². The lowest BCUT2D eigenvalue weighted by atomic mass is 9.84. The van der Waals surface area contributed by atoms with Gasteiger partial charge in [-0.3, -0.25) is 4.79 Å². The van der Waals surface area contributed by atoms with Gasteiger partial charge in [0, 0.05) is 13.1 Å². The number of nitrogens with zero attached hydrogens (tertiary/aromatic N) is 1. The number of amides is 1. The summed E-state index contributed by atoms with van der Waals surface area (Å²) in [6.45, 7) is 5.97. The van der Waals surface area contributed by atoms with Crippen LogP contribution in [0, 0.1) is 11.3 Å². The number of nitrogens with two attached hydrogens (primary N) is 1. The Balaban J connectivity index is 0.00000400. The fourth-order valence-electron chi connectivity index (χ4n) is 3.26. The molecule has 126 valence electrons. The van der Waals surface area contributed by atoms with Gasteiger partial charge in [-0.05, 0) is 31.8 Å². The summed E-state index contributed by atoms with van der Waals surface area (Å²) in [7, 11) is 4.11. The largest absolute Gasteiger partial charge is 0.354 e. The Hall–Kier alpha value is -0.320. The lowest BCUT2D eigenvalue weighted by molar-refractivity contribution is -0.123. The second-order valence-electron chi connectivity index (χ2n) is 7.47. The lowest BCUT2D eigenvalue weighted by Crippen LogP contribution is -2.46.